The SMILES string of the molecule is COc1cccc2c1C(=O)c1c(O)c3c(c(O)c1C2=O)CC(O)(/C(C)=N/NC(=O)c1ccc(-c2ccccc2)cc1)CC3OC1CC(N)C(O)C(C)O1.Cl. The molecule has 1 aliphatic heterocycles. The molecule has 0 radical (unpaired) electrons. The molecular formula is C40H40ClN3O10. The number of halogens is 1. The van der Waals surface area contributed by atoms with E-state index in [9.17, 15) is 34.8 Å². The summed E-state index contributed by atoms with van der Waals surface area (Å²) in [6.07, 6.45) is -4.60. The van der Waals surface area contributed by atoms with Crippen molar-refractivity contribution in [2.24, 2.45) is 10.8 Å². The molecule has 4 aromatic carbocycles. The molecule has 0 saturated carbocycles. The number of hydrogen-bond acceptors (Lipinski definition) is 12. The average molecular weight is 758 g/mol. The third-order valence-electron chi connectivity index (χ3n) is 10.4. The van der Waals surface area contributed by atoms with E-state index < -0.39 is 76.3 Å². The van der Waals surface area contributed by atoms with Crippen LogP contribution in [-0.2, 0) is 15.9 Å². The Morgan fingerprint density at radius 2 is 1.61 bits per heavy atom. The van der Waals surface area contributed by atoms with E-state index in [-0.39, 0.29) is 65.4 Å². The molecule has 1 heterocycles. The normalized spacial score (nSPS) is 24.8. The maximum absolute atomic E-state index is 14.0. The Kier molecular flexibility index (Phi) is 10.7. The molecule has 282 valence electrons. The monoisotopic (exact) mass is 757 g/mol. The number of carbonyl (C=O) groups excluding carboxylic acids is 3. The summed E-state index contributed by atoms with van der Waals surface area (Å²) in [7, 11) is 1.35. The molecule has 7 rings (SSSR count). The molecule has 54 heavy (non-hydrogen) atoms. The second-order valence-corrected chi connectivity index (χ2v) is 13.7. The van der Waals surface area contributed by atoms with Crippen LogP contribution in [0.1, 0.15) is 86.1 Å². The van der Waals surface area contributed by atoms with Crippen LogP contribution in [0.15, 0.2) is 77.9 Å². The number of rotatable bonds is 7. The number of aliphatic hydroxyl groups excluding tert-OH is 1. The number of carbonyl (C=O) groups is 3. The summed E-state index contributed by atoms with van der Waals surface area (Å²) < 4.78 is 17.6. The number of aliphatic hydroxyl groups is 2. The van der Waals surface area contributed by atoms with Gasteiger partial charge in [-0.3, -0.25) is 14.4 Å². The third kappa shape index (κ3) is 6.63. The molecule has 1 saturated heterocycles. The fourth-order valence-electron chi connectivity index (χ4n) is 7.41. The van der Waals surface area contributed by atoms with E-state index in [2.05, 4.69) is 10.5 Å². The number of fused-ring (bicyclic) bond motifs is 3. The van der Waals surface area contributed by atoms with Gasteiger partial charge in [-0.25, -0.2) is 5.43 Å². The fraction of sp³-hybridized carbons (Fsp3) is 0.300. The lowest BCUT2D eigenvalue weighted by Crippen LogP contribution is -2.52. The topological polar surface area (TPSA) is 210 Å². The number of benzene rings is 4. The van der Waals surface area contributed by atoms with Gasteiger partial charge in [0.05, 0.1) is 47.8 Å². The number of methoxy groups -OCH3 is 1. The fourth-order valence-corrected chi connectivity index (χ4v) is 7.41. The van der Waals surface area contributed by atoms with Crippen LogP contribution in [0.5, 0.6) is 17.2 Å². The summed E-state index contributed by atoms with van der Waals surface area (Å²) in [5.74, 6) is -3.12. The van der Waals surface area contributed by atoms with Crippen molar-refractivity contribution in [3.8, 4) is 28.4 Å². The summed E-state index contributed by atoms with van der Waals surface area (Å²) in [6.45, 7) is 3.10. The van der Waals surface area contributed by atoms with Crippen LogP contribution in [0.4, 0.5) is 0 Å². The lowest BCUT2D eigenvalue weighted by molar-refractivity contribution is -0.245. The van der Waals surface area contributed by atoms with Crippen molar-refractivity contribution in [2.45, 2.75) is 69.4 Å². The standard InChI is InChI=1S/C40H39N3O10.ClH/c1-19-34(44)26(41)16-29(52-19)53-28-18-40(50,20(2)42-43-39(49)23-14-12-22(13-15-23)21-8-5-4-6-9-21)17-25-31(28)38(48)33-32(36(25)46)35(45)24-10-7-11-27(51-3)30(24)37(33)47;/h4-15,19,26,28-29,34,44,46,48,50H,16-18,41H2,1-3H3,(H,43,49);1H/b42-20+;. The molecule has 0 bridgehead atoms. The number of aromatic hydroxyl groups is 2. The average Bonchev–Trinajstić information content (AvgIpc) is 3.16. The van der Waals surface area contributed by atoms with Crippen LogP contribution in [-0.4, -0.2) is 80.9 Å². The predicted molar refractivity (Wildman–Crippen MR) is 199 cm³/mol. The number of phenols is 2. The first-order valence-corrected chi connectivity index (χ1v) is 17.2. The Bertz CT molecular complexity index is 2150. The van der Waals surface area contributed by atoms with Crippen molar-refractivity contribution >= 4 is 35.6 Å². The second-order valence-electron chi connectivity index (χ2n) is 13.7. The van der Waals surface area contributed by atoms with Crippen LogP contribution in [0.25, 0.3) is 11.1 Å². The highest BCUT2D eigenvalue weighted by Crippen LogP contribution is 2.52. The smallest absolute Gasteiger partial charge is 0.271 e. The Morgan fingerprint density at radius 3 is 2.28 bits per heavy atom. The van der Waals surface area contributed by atoms with Gasteiger partial charge in [0.1, 0.15) is 22.8 Å². The molecule has 6 unspecified atom stereocenters. The highest BCUT2D eigenvalue weighted by atomic mass is 35.5. The van der Waals surface area contributed by atoms with Crippen molar-refractivity contribution in [2.75, 3.05) is 7.11 Å². The van der Waals surface area contributed by atoms with E-state index in [0.717, 1.165) is 11.1 Å². The number of nitrogens with zero attached hydrogens (tertiary/aromatic N) is 1. The maximum atomic E-state index is 14.0. The quantitative estimate of drug-likeness (QED) is 0.0782. The number of amides is 1. The van der Waals surface area contributed by atoms with E-state index in [0.29, 0.717) is 5.56 Å². The molecule has 1 fully saturated rings. The van der Waals surface area contributed by atoms with Gasteiger partial charge < -0.3 is 40.4 Å². The highest BCUT2D eigenvalue weighted by Gasteiger charge is 2.49. The first-order valence-electron chi connectivity index (χ1n) is 17.2. The molecule has 4 aromatic rings. The number of ketones is 2. The highest BCUT2D eigenvalue weighted by molar-refractivity contribution is 6.31. The van der Waals surface area contributed by atoms with Gasteiger partial charge in [0.15, 0.2) is 12.1 Å². The van der Waals surface area contributed by atoms with Crippen molar-refractivity contribution in [1.29, 1.82) is 0 Å². The number of nitrogens with two attached hydrogens (primary N) is 1. The summed E-state index contributed by atoms with van der Waals surface area (Å²) in [6, 6.07) is 20.3. The van der Waals surface area contributed by atoms with Gasteiger partial charge in [-0.1, -0.05) is 54.6 Å². The molecule has 0 aromatic heterocycles. The minimum absolute atomic E-state index is 0. The van der Waals surface area contributed by atoms with E-state index in [1.54, 1.807) is 19.1 Å². The van der Waals surface area contributed by atoms with E-state index in [1.807, 2.05) is 42.5 Å². The molecule has 1 amide bonds. The van der Waals surface area contributed by atoms with Crippen LogP contribution >= 0.6 is 12.4 Å². The zero-order valence-corrected chi connectivity index (χ0v) is 30.4. The number of phenolic OH excluding ortho intramolecular Hbond substituents is 2. The molecule has 6 atom stereocenters. The minimum atomic E-state index is -1.91. The molecule has 14 heteroatoms. The first-order chi connectivity index (χ1) is 25.3. The van der Waals surface area contributed by atoms with E-state index in [4.69, 9.17) is 19.9 Å². The summed E-state index contributed by atoms with van der Waals surface area (Å²) in [5, 5.41) is 50.5. The first kappa shape index (κ1) is 38.6. The summed E-state index contributed by atoms with van der Waals surface area (Å²) >= 11 is 0. The Balaban J connectivity index is 0.00000497. The van der Waals surface area contributed by atoms with Crippen molar-refractivity contribution in [3.63, 3.8) is 0 Å². The van der Waals surface area contributed by atoms with Gasteiger partial charge in [-0.15, -0.1) is 12.4 Å². The van der Waals surface area contributed by atoms with Crippen LogP contribution < -0.4 is 15.9 Å². The summed E-state index contributed by atoms with van der Waals surface area (Å²) in [5.41, 5.74) is 7.96. The van der Waals surface area contributed by atoms with Gasteiger partial charge >= 0.3 is 0 Å². The number of ether oxygens (including phenoxy) is 3. The van der Waals surface area contributed by atoms with Gasteiger partial charge in [-0.2, -0.15) is 5.10 Å². The largest absolute Gasteiger partial charge is 0.507 e. The Hall–Kier alpha value is -5.15. The Morgan fingerprint density at radius 1 is 0.944 bits per heavy atom. The van der Waals surface area contributed by atoms with Gasteiger partial charge in [0, 0.05) is 47.6 Å². The lowest BCUT2D eigenvalue weighted by Gasteiger charge is -2.42. The van der Waals surface area contributed by atoms with E-state index in [1.165, 1.54) is 32.2 Å². The lowest BCUT2D eigenvalue weighted by atomic mass is 9.71. The molecule has 13 nitrogen and oxygen atoms in total. The van der Waals surface area contributed by atoms with Gasteiger partial charge in [-0.05, 0) is 43.2 Å². The number of hydrazone groups is 1. The van der Waals surface area contributed by atoms with Crippen molar-refractivity contribution in [1.82, 2.24) is 5.43 Å². The molecule has 7 N–H and O–H groups in total. The summed E-state index contributed by atoms with van der Waals surface area (Å²) in [4.78, 5) is 41.0. The van der Waals surface area contributed by atoms with Crippen molar-refractivity contribution < 1.29 is 49.0 Å². The zero-order valence-electron chi connectivity index (χ0n) is 29.6. The third-order valence-corrected chi connectivity index (χ3v) is 10.4. The van der Waals surface area contributed by atoms with Crippen LogP contribution in [0, 0.1) is 0 Å². The molecule has 2 aliphatic carbocycles. The molecule has 0 spiro atoms. The van der Waals surface area contributed by atoms with Crippen LogP contribution in [0.2, 0.25) is 0 Å². The predicted octanol–water partition coefficient (Wildman–Crippen LogP) is 4.33. The number of nitrogens with one attached hydrogen (secondary N) is 1. The number of hydrogen-bond donors (Lipinski definition) is 6. The molecule has 3 aliphatic rings. The van der Waals surface area contributed by atoms with Gasteiger partial charge in [0.2, 0.25) is 5.78 Å². The van der Waals surface area contributed by atoms with E-state index >= 15 is 0 Å². The zero-order chi connectivity index (χ0) is 37.8. The van der Waals surface area contributed by atoms with Crippen LogP contribution in [0.3, 0.4) is 0 Å². The molecular weight excluding hydrogens is 718 g/mol. The Labute approximate surface area is 316 Å². The van der Waals surface area contributed by atoms with Crippen molar-refractivity contribution in [3.05, 3.63) is 112 Å². The minimum Gasteiger partial charge on any atom is -0.507 e. The maximum Gasteiger partial charge on any atom is 0.271 e. The van der Waals surface area contributed by atoms with Gasteiger partial charge in [0.25, 0.3) is 5.91 Å². The second kappa shape index (κ2) is 14.9.